The lowest BCUT2D eigenvalue weighted by Gasteiger charge is -2.24. The summed E-state index contributed by atoms with van der Waals surface area (Å²) in [6.45, 7) is 19.3. The fourth-order valence-corrected chi connectivity index (χ4v) is 8.67. The maximum absolute atomic E-state index is 13.3. The highest BCUT2D eigenvalue weighted by molar-refractivity contribution is 9.10. The van der Waals surface area contributed by atoms with Crippen LogP contribution in [0.25, 0.3) is 22.8 Å². The molecule has 4 heterocycles. The number of benzene rings is 2. The normalized spacial score (nSPS) is 12.9. The number of rotatable bonds is 14. The van der Waals surface area contributed by atoms with Crippen LogP contribution in [0.2, 0.25) is 0 Å². The predicted molar refractivity (Wildman–Crippen MR) is 277 cm³/mol. The van der Waals surface area contributed by atoms with Gasteiger partial charge in [-0.15, -0.1) is 22.7 Å². The summed E-state index contributed by atoms with van der Waals surface area (Å²) in [7, 11) is 0. The van der Waals surface area contributed by atoms with Gasteiger partial charge in [-0.25, -0.2) is 29.5 Å². The van der Waals surface area contributed by atoms with E-state index >= 15 is 0 Å². The van der Waals surface area contributed by atoms with Crippen LogP contribution < -0.4 is 16.0 Å². The monoisotopic (exact) mass is 1100 g/mol. The molecule has 3 atom stereocenters. The van der Waals surface area contributed by atoms with Crippen molar-refractivity contribution >= 4 is 84.2 Å². The van der Waals surface area contributed by atoms with Gasteiger partial charge in [-0.3, -0.25) is 14.4 Å². The van der Waals surface area contributed by atoms with Crippen molar-refractivity contribution in [3.63, 3.8) is 0 Å². The third-order valence-electron chi connectivity index (χ3n) is 10.0. The summed E-state index contributed by atoms with van der Waals surface area (Å²) in [5.74, 6) is -1.66. The smallest absolute Gasteiger partial charge is 0.328 e. The van der Waals surface area contributed by atoms with Crippen molar-refractivity contribution in [2.75, 3.05) is 0 Å². The predicted octanol–water partition coefficient (Wildman–Crippen LogP) is 10.1. The van der Waals surface area contributed by atoms with E-state index in [1.54, 1.807) is 64.6 Å². The molecule has 4 aromatic heterocycles. The van der Waals surface area contributed by atoms with Gasteiger partial charge < -0.3 is 25.8 Å². The summed E-state index contributed by atoms with van der Waals surface area (Å²) in [5.41, 5.74) is 2.43. The van der Waals surface area contributed by atoms with Gasteiger partial charge in [-0.1, -0.05) is 90.1 Å². The number of nitrogens with zero attached hydrogens (tertiary/aromatic N) is 4. The third kappa shape index (κ3) is 16.5. The van der Waals surface area contributed by atoms with Gasteiger partial charge in [-0.2, -0.15) is 0 Å². The van der Waals surface area contributed by atoms with Gasteiger partial charge in [0.2, 0.25) is 5.91 Å². The molecule has 0 unspecified atom stereocenters. The van der Waals surface area contributed by atoms with E-state index in [2.05, 4.69) is 109 Å². The number of hydrogen-bond donors (Lipinski definition) is 4. The first-order valence-corrected chi connectivity index (χ1v) is 25.2. The Morgan fingerprint density at radius 1 is 0.580 bits per heavy atom. The summed E-state index contributed by atoms with van der Waals surface area (Å²) in [6.07, 6.45) is 7.09. The summed E-state index contributed by atoms with van der Waals surface area (Å²) in [4.78, 5) is 83.6. The van der Waals surface area contributed by atoms with Crippen LogP contribution in [-0.4, -0.2) is 78.4 Å². The highest BCUT2D eigenvalue weighted by Crippen LogP contribution is 2.31. The summed E-state index contributed by atoms with van der Waals surface area (Å²) < 4.78 is 6.97. The molecule has 6 rings (SSSR count). The van der Waals surface area contributed by atoms with Crippen LogP contribution in [0.1, 0.15) is 109 Å². The van der Waals surface area contributed by atoms with Gasteiger partial charge in [0.15, 0.2) is 11.6 Å². The molecule has 69 heavy (non-hydrogen) atoms. The molecule has 0 aliphatic rings. The van der Waals surface area contributed by atoms with Gasteiger partial charge in [-0.05, 0) is 106 Å². The number of carbonyl (C=O) groups is 5. The highest BCUT2D eigenvalue weighted by atomic mass is 79.9. The van der Waals surface area contributed by atoms with Gasteiger partial charge >= 0.3 is 11.9 Å². The molecule has 0 spiro atoms. The summed E-state index contributed by atoms with van der Waals surface area (Å²) in [6, 6.07) is 19.3. The lowest BCUT2D eigenvalue weighted by atomic mass is 9.95. The number of aliphatic carboxylic acids is 1. The topological polar surface area (TPSA) is 202 Å². The van der Waals surface area contributed by atoms with Crippen molar-refractivity contribution in [1.29, 1.82) is 0 Å². The number of carboxylic acids is 1. The average Bonchev–Trinajstić information content (AvgIpc) is 4.00. The molecule has 18 heteroatoms. The number of esters is 1. The molecule has 0 aliphatic heterocycles. The van der Waals surface area contributed by atoms with E-state index < -0.39 is 41.6 Å². The van der Waals surface area contributed by atoms with Crippen LogP contribution in [0.15, 0.2) is 107 Å². The summed E-state index contributed by atoms with van der Waals surface area (Å²) in [5, 5.41) is 17.8. The largest absolute Gasteiger partial charge is 0.480 e. The molecule has 3 amide bonds. The van der Waals surface area contributed by atoms with E-state index in [1.165, 1.54) is 22.7 Å². The minimum atomic E-state index is -1.07. The van der Waals surface area contributed by atoms with E-state index in [1.807, 2.05) is 60.7 Å². The fraction of sp³-hybridized carbons (Fsp3) is 0.353. The number of aromatic nitrogens is 4. The molecule has 364 valence electrons. The van der Waals surface area contributed by atoms with Crippen LogP contribution >= 0.6 is 54.5 Å². The van der Waals surface area contributed by atoms with E-state index in [4.69, 9.17) is 4.74 Å². The first-order chi connectivity index (χ1) is 32.2. The zero-order valence-corrected chi connectivity index (χ0v) is 44.9. The number of carbonyl (C=O) groups excluding carboxylic acids is 4. The number of hydrogen-bond acceptors (Lipinski definition) is 12. The third-order valence-corrected chi connectivity index (χ3v) is 13.9. The maximum Gasteiger partial charge on any atom is 0.328 e. The number of halogens is 2. The SMILES string of the molecule is CC(C)(C)c1ccc(C(=O)N[C@@H](Cc2ccc(-c3ncc(Br)cn3)cc2)C(=O)O)s1.C[C@@H](NC(=O)[C@H](Cc1ccc(-c2ncc(Br)cn2)cc1)NC(=O)c1ccc(C(C)(C)C)s1)C(=O)OC(C)(C)C. The minimum Gasteiger partial charge on any atom is -0.480 e. The Labute approximate surface area is 427 Å². The highest BCUT2D eigenvalue weighted by Gasteiger charge is 2.29. The Balaban J connectivity index is 0.000000266. The average molecular weight is 1100 g/mol. The Kier molecular flexibility index (Phi) is 18.3. The van der Waals surface area contributed by atoms with E-state index in [-0.39, 0.29) is 35.5 Å². The molecule has 0 saturated carbocycles. The number of carboxylic acid groups (broad SMARTS) is 1. The lowest BCUT2D eigenvalue weighted by Crippen LogP contribution is -2.52. The molecule has 0 bridgehead atoms. The van der Waals surface area contributed by atoms with Crippen molar-refractivity contribution in [2.24, 2.45) is 0 Å². The molecule has 2 aromatic carbocycles. The quantitative estimate of drug-likeness (QED) is 0.0756. The van der Waals surface area contributed by atoms with Crippen molar-refractivity contribution < 1.29 is 33.8 Å². The lowest BCUT2D eigenvalue weighted by molar-refractivity contribution is -0.158. The molecule has 14 nitrogen and oxygen atoms in total. The number of nitrogens with one attached hydrogen (secondary N) is 3. The van der Waals surface area contributed by atoms with Crippen molar-refractivity contribution in [2.45, 2.75) is 117 Å². The second-order valence-electron chi connectivity index (χ2n) is 19.2. The van der Waals surface area contributed by atoms with Crippen molar-refractivity contribution in [1.82, 2.24) is 35.9 Å². The van der Waals surface area contributed by atoms with Crippen LogP contribution in [0, 0.1) is 0 Å². The molecule has 4 N–H and O–H groups in total. The Bertz CT molecular complexity index is 2720. The van der Waals surface area contributed by atoms with Gasteiger partial charge in [0, 0.05) is 58.5 Å². The molecule has 0 saturated heterocycles. The number of amides is 3. The molecular weight excluding hydrogens is 1050 g/mol. The van der Waals surface area contributed by atoms with Crippen molar-refractivity contribution in [3.05, 3.63) is 137 Å². The minimum absolute atomic E-state index is 0.0598. The second-order valence-corrected chi connectivity index (χ2v) is 23.2. The molecule has 0 radical (unpaired) electrons. The Morgan fingerprint density at radius 2 is 0.957 bits per heavy atom. The van der Waals surface area contributed by atoms with Gasteiger partial charge in [0.05, 0.1) is 18.7 Å². The van der Waals surface area contributed by atoms with Crippen LogP contribution in [0.5, 0.6) is 0 Å². The van der Waals surface area contributed by atoms with Crippen LogP contribution in [-0.2, 0) is 42.8 Å². The fourth-order valence-electron chi connectivity index (χ4n) is 6.33. The van der Waals surface area contributed by atoms with E-state index in [0.29, 0.717) is 21.4 Å². The Hall–Kier alpha value is -5.69. The molecule has 0 aliphatic carbocycles. The van der Waals surface area contributed by atoms with Gasteiger partial charge in [0.1, 0.15) is 23.7 Å². The first-order valence-electron chi connectivity index (χ1n) is 22.0. The van der Waals surface area contributed by atoms with Crippen molar-refractivity contribution in [3.8, 4) is 22.8 Å². The van der Waals surface area contributed by atoms with E-state index in [0.717, 1.165) is 41.0 Å². The second kappa shape index (κ2) is 23.3. The zero-order valence-electron chi connectivity index (χ0n) is 40.1. The Morgan fingerprint density at radius 3 is 1.30 bits per heavy atom. The van der Waals surface area contributed by atoms with Crippen LogP contribution in [0.4, 0.5) is 0 Å². The molecular formula is C51H57Br2N7O7S2. The van der Waals surface area contributed by atoms with E-state index in [9.17, 15) is 29.1 Å². The van der Waals surface area contributed by atoms with Gasteiger partial charge in [0.25, 0.3) is 11.8 Å². The maximum atomic E-state index is 13.3. The molecule has 6 aromatic rings. The zero-order chi connectivity index (χ0) is 50.8. The number of ether oxygens (including phenoxy) is 1. The number of thiophene rings is 2. The van der Waals surface area contributed by atoms with Crippen LogP contribution in [0.3, 0.4) is 0 Å². The molecule has 0 fully saturated rings. The summed E-state index contributed by atoms with van der Waals surface area (Å²) >= 11 is 9.42. The standard InChI is InChI=1S/C29H35BrN4O4S.C22H22BrN3O3S/c1-17(27(37)38-29(5,6)7)33-25(35)21(34-26(36)22-12-13-23(39-22)28(2,3)4)14-18-8-10-19(11-9-18)24-31-15-20(30)16-32-24;1-22(2,3)18-9-8-17(30-18)20(27)26-16(21(28)29)10-13-4-6-14(7-5-13)19-24-11-15(23)12-25-19/h8-13,15-17,21H,14H2,1-7H3,(H,33,35)(H,34,36);4-9,11-12,16H,10H2,1-3H3,(H,26,27)(H,28,29)/t17-,21+;16-/m10/s1. The first kappa shape index (κ1) is 54.3.